The molecule has 2 unspecified atom stereocenters. The van der Waals surface area contributed by atoms with Crippen molar-refractivity contribution in [2.45, 2.75) is 39.0 Å². The Hall–Kier alpha value is 0.0569. The van der Waals surface area contributed by atoms with Gasteiger partial charge in [-0.25, -0.2) is 0 Å². The minimum atomic E-state index is -1.99. The molecule has 0 aromatic rings. The molecular weight excluding hydrogens is 184 g/mol. The fourth-order valence-electron chi connectivity index (χ4n) is 0.706. The van der Waals surface area contributed by atoms with E-state index in [9.17, 15) is 0 Å². The maximum atomic E-state index is 5.58. The molecule has 0 saturated heterocycles. The molecule has 4 N–H and O–H groups in total. The van der Waals surface area contributed by atoms with Crippen LogP contribution in [-0.4, -0.2) is 33.9 Å². The molecule has 0 amide bonds. The predicted molar refractivity (Wildman–Crippen MR) is 56.7 cm³/mol. The van der Waals surface area contributed by atoms with Crippen molar-refractivity contribution in [3.8, 4) is 0 Å². The fourth-order valence-corrected chi connectivity index (χ4v) is 2.12. The average Bonchev–Trinajstić information content (AvgIpc) is 1.98. The Morgan fingerprint density at radius 1 is 1.00 bits per heavy atom. The van der Waals surface area contributed by atoms with Gasteiger partial charge in [0, 0.05) is 12.1 Å². The van der Waals surface area contributed by atoms with Crippen LogP contribution >= 0.6 is 0 Å². The molecule has 0 aliphatic rings. The Morgan fingerprint density at radius 3 is 1.54 bits per heavy atom. The summed E-state index contributed by atoms with van der Waals surface area (Å²) < 4.78 is 11.2. The van der Waals surface area contributed by atoms with Crippen LogP contribution in [0, 0.1) is 0 Å². The van der Waals surface area contributed by atoms with Gasteiger partial charge in [-0.3, -0.25) is 0 Å². The summed E-state index contributed by atoms with van der Waals surface area (Å²) in [5, 5.41) is 0. The van der Waals surface area contributed by atoms with Gasteiger partial charge in [-0.15, -0.1) is 0 Å². The van der Waals surface area contributed by atoms with Gasteiger partial charge in [-0.2, -0.15) is 0 Å². The van der Waals surface area contributed by atoms with Crippen LogP contribution in [0.25, 0.3) is 0 Å². The van der Waals surface area contributed by atoms with Crippen molar-refractivity contribution in [2.24, 2.45) is 11.5 Å². The normalized spacial score (nSPS) is 17.1. The van der Waals surface area contributed by atoms with Crippen LogP contribution in [0.3, 0.4) is 0 Å². The van der Waals surface area contributed by atoms with E-state index in [1.807, 2.05) is 26.9 Å². The largest absolute Gasteiger partial charge is 0.393 e. The summed E-state index contributed by atoms with van der Waals surface area (Å²) in [6.45, 7) is 8.93. The lowest BCUT2D eigenvalue weighted by molar-refractivity contribution is 0.166. The van der Waals surface area contributed by atoms with E-state index in [2.05, 4.69) is 0 Å². The van der Waals surface area contributed by atoms with Gasteiger partial charge < -0.3 is 20.3 Å². The smallest absolute Gasteiger partial charge is 0.331 e. The lowest BCUT2D eigenvalue weighted by Crippen LogP contribution is -2.41. The first kappa shape index (κ1) is 13.1. The van der Waals surface area contributed by atoms with Crippen LogP contribution < -0.4 is 11.5 Å². The molecule has 2 atom stereocenters. The van der Waals surface area contributed by atoms with Gasteiger partial charge in [0.15, 0.2) is 0 Å². The molecule has 0 aromatic carbocycles. The van der Waals surface area contributed by atoms with Crippen LogP contribution in [0.1, 0.15) is 13.8 Å². The molecule has 0 aliphatic heterocycles. The van der Waals surface area contributed by atoms with Crippen molar-refractivity contribution < 1.29 is 8.85 Å². The molecule has 13 heavy (non-hydrogen) atoms. The van der Waals surface area contributed by atoms with Gasteiger partial charge in [0.25, 0.3) is 0 Å². The SMILES string of the molecule is CC(N)CO[Si](C)(C)OCC(C)N. The van der Waals surface area contributed by atoms with Crippen molar-refractivity contribution in [2.75, 3.05) is 13.2 Å². The molecule has 80 valence electrons. The van der Waals surface area contributed by atoms with E-state index >= 15 is 0 Å². The van der Waals surface area contributed by atoms with E-state index in [4.69, 9.17) is 20.3 Å². The first-order valence-electron chi connectivity index (χ1n) is 4.62. The predicted octanol–water partition coefficient (Wildman–Crippen LogP) is 0.416. The summed E-state index contributed by atoms with van der Waals surface area (Å²) in [6.07, 6.45) is 0. The van der Waals surface area contributed by atoms with E-state index in [1.165, 1.54) is 0 Å². The Labute approximate surface area is 81.8 Å². The number of nitrogens with two attached hydrogens (primary N) is 2. The Morgan fingerprint density at radius 2 is 1.31 bits per heavy atom. The Balaban J connectivity index is 3.66. The molecule has 0 aromatic heterocycles. The molecule has 4 nitrogen and oxygen atoms in total. The summed E-state index contributed by atoms with van der Waals surface area (Å²) in [6, 6.07) is 0.122. The maximum absolute atomic E-state index is 5.58. The highest BCUT2D eigenvalue weighted by atomic mass is 28.4. The zero-order valence-electron chi connectivity index (χ0n) is 9.04. The summed E-state index contributed by atoms with van der Waals surface area (Å²) in [5.74, 6) is 0. The molecule has 0 bridgehead atoms. The van der Waals surface area contributed by atoms with Crippen molar-refractivity contribution >= 4 is 8.56 Å². The van der Waals surface area contributed by atoms with E-state index in [0.29, 0.717) is 13.2 Å². The Kier molecular flexibility index (Phi) is 5.74. The second-order valence-electron chi connectivity index (χ2n) is 3.98. The number of rotatable bonds is 6. The molecular formula is C8H22N2O2Si. The molecule has 0 fully saturated rings. The van der Waals surface area contributed by atoms with E-state index in [0.717, 1.165) is 0 Å². The average molecular weight is 206 g/mol. The zero-order valence-corrected chi connectivity index (χ0v) is 10.0. The van der Waals surface area contributed by atoms with E-state index < -0.39 is 8.56 Å². The molecule has 0 spiro atoms. The molecule has 0 rings (SSSR count). The third-order valence-electron chi connectivity index (χ3n) is 1.39. The van der Waals surface area contributed by atoms with E-state index in [1.54, 1.807) is 0 Å². The summed E-state index contributed by atoms with van der Waals surface area (Å²) in [4.78, 5) is 0. The summed E-state index contributed by atoms with van der Waals surface area (Å²) in [7, 11) is -1.99. The first-order chi connectivity index (χ1) is 5.83. The van der Waals surface area contributed by atoms with Gasteiger partial charge in [-0.1, -0.05) is 0 Å². The molecule has 0 radical (unpaired) electrons. The third-order valence-corrected chi connectivity index (χ3v) is 3.11. The van der Waals surface area contributed by atoms with Gasteiger partial charge >= 0.3 is 8.56 Å². The number of hydrogen-bond acceptors (Lipinski definition) is 4. The van der Waals surface area contributed by atoms with Gasteiger partial charge in [0.1, 0.15) is 0 Å². The highest BCUT2D eigenvalue weighted by Crippen LogP contribution is 2.06. The molecule has 5 heteroatoms. The van der Waals surface area contributed by atoms with Gasteiger partial charge in [0.2, 0.25) is 0 Å². The van der Waals surface area contributed by atoms with Crippen molar-refractivity contribution in [1.82, 2.24) is 0 Å². The van der Waals surface area contributed by atoms with Gasteiger partial charge in [-0.05, 0) is 26.9 Å². The lowest BCUT2D eigenvalue weighted by Gasteiger charge is -2.24. The van der Waals surface area contributed by atoms with Crippen molar-refractivity contribution in [1.29, 1.82) is 0 Å². The van der Waals surface area contributed by atoms with Gasteiger partial charge in [0.05, 0.1) is 13.2 Å². The van der Waals surface area contributed by atoms with E-state index in [-0.39, 0.29) is 12.1 Å². The maximum Gasteiger partial charge on any atom is 0.331 e. The number of hydrogen-bond donors (Lipinski definition) is 2. The first-order valence-corrected chi connectivity index (χ1v) is 7.44. The van der Waals surface area contributed by atoms with Crippen LogP contribution in [0.2, 0.25) is 13.1 Å². The monoisotopic (exact) mass is 206 g/mol. The van der Waals surface area contributed by atoms with Crippen LogP contribution in [0.5, 0.6) is 0 Å². The zero-order chi connectivity index (χ0) is 10.5. The second kappa shape index (κ2) is 5.72. The molecule has 0 aliphatic carbocycles. The summed E-state index contributed by atoms with van der Waals surface area (Å²) >= 11 is 0. The van der Waals surface area contributed by atoms with Crippen LogP contribution in [0.4, 0.5) is 0 Å². The summed E-state index contributed by atoms with van der Waals surface area (Å²) in [5.41, 5.74) is 11.1. The topological polar surface area (TPSA) is 70.5 Å². The lowest BCUT2D eigenvalue weighted by atomic mass is 10.4. The third kappa shape index (κ3) is 8.39. The standard InChI is InChI=1S/C8H22N2O2Si/c1-7(9)5-11-13(3,4)12-6-8(2)10/h7-8H,5-6,9-10H2,1-4H3. The minimum Gasteiger partial charge on any atom is -0.393 e. The van der Waals surface area contributed by atoms with Crippen LogP contribution in [-0.2, 0) is 8.85 Å². The second-order valence-corrected chi connectivity index (χ2v) is 7.35. The highest BCUT2D eigenvalue weighted by Gasteiger charge is 2.25. The fraction of sp³-hybridized carbons (Fsp3) is 1.00. The molecule has 0 heterocycles. The quantitative estimate of drug-likeness (QED) is 0.618. The molecule has 0 saturated carbocycles. The van der Waals surface area contributed by atoms with Crippen molar-refractivity contribution in [3.63, 3.8) is 0 Å². The minimum absolute atomic E-state index is 0.0608. The van der Waals surface area contributed by atoms with Crippen molar-refractivity contribution in [3.05, 3.63) is 0 Å². The van der Waals surface area contributed by atoms with Crippen LogP contribution in [0.15, 0.2) is 0 Å². The highest BCUT2D eigenvalue weighted by molar-refractivity contribution is 6.64. The Bertz CT molecular complexity index is 126.